The summed E-state index contributed by atoms with van der Waals surface area (Å²) in [4.78, 5) is 54.5. The standard InChI is InChI=1S/C28H24N2O6/c1-3-35-21-11-9-20(10-12-21)30-26(32)22-13-8-19(16-23(22)27(30)33)28(34)36-17(2)25(31)29-15-14-18-6-4-5-7-24(18)29/h4-13,16-17H,3,14-15H2,1-2H3/t17-/m0/s1. The van der Waals surface area contributed by atoms with E-state index in [0.717, 1.165) is 22.6 Å². The fourth-order valence-electron chi connectivity index (χ4n) is 4.53. The van der Waals surface area contributed by atoms with Crippen LogP contribution in [0.4, 0.5) is 11.4 Å². The van der Waals surface area contributed by atoms with Crippen LogP contribution in [-0.2, 0) is 16.0 Å². The summed E-state index contributed by atoms with van der Waals surface area (Å²) in [5, 5.41) is 0. The number of amides is 3. The van der Waals surface area contributed by atoms with Crippen LogP contribution in [0.15, 0.2) is 66.7 Å². The van der Waals surface area contributed by atoms with E-state index < -0.39 is 23.9 Å². The SMILES string of the molecule is CCOc1ccc(N2C(=O)c3ccc(C(=O)O[C@@H](C)C(=O)N4CCc5ccccc54)cc3C2=O)cc1. The highest BCUT2D eigenvalue weighted by atomic mass is 16.5. The van der Waals surface area contributed by atoms with E-state index in [1.165, 1.54) is 25.1 Å². The third-order valence-electron chi connectivity index (χ3n) is 6.31. The Morgan fingerprint density at radius 2 is 1.67 bits per heavy atom. The predicted molar refractivity (Wildman–Crippen MR) is 133 cm³/mol. The number of imide groups is 1. The van der Waals surface area contributed by atoms with Crippen LogP contribution in [0.25, 0.3) is 0 Å². The van der Waals surface area contributed by atoms with Gasteiger partial charge in [0.2, 0.25) is 0 Å². The first-order valence-corrected chi connectivity index (χ1v) is 11.7. The average Bonchev–Trinajstić information content (AvgIpc) is 3.43. The molecule has 36 heavy (non-hydrogen) atoms. The summed E-state index contributed by atoms with van der Waals surface area (Å²) in [5.74, 6) is -1.45. The van der Waals surface area contributed by atoms with Crippen molar-refractivity contribution in [3.63, 3.8) is 0 Å². The monoisotopic (exact) mass is 484 g/mol. The van der Waals surface area contributed by atoms with Crippen LogP contribution in [-0.4, -0.2) is 42.9 Å². The molecule has 0 N–H and O–H groups in total. The van der Waals surface area contributed by atoms with E-state index in [4.69, 9.17) is 9.47 Å². The number of nitrogens with zero attached hydrogens (tertiary/aromatic N) is 2. The summed E-state index contributed by atoms with van der Waals surface area (Å²) in [7, 11) is 0. The van der Waals surface area contributed by atoms with Crippen molar-refractivity contribution in [1.29, 1.82) is 0 Å². The van der Waals surface area contributed by atoms with Crippen molar-refractivity contribution < 1.29 is 28.7 Å². The Hall–Kier alpha value is -4.46. The van der Waals surface area contributed by atoms with Crippen molar-refractivity contribution in [2.24, 2.45) is 0 Å². The Morgan fingerprint density at radius 1 is 0.944 bits per heavy atom. The van der Waals surface area contributed by atoms with Crippen molar-refractivity contribution in [1.82, 2.24) is 0 Å². The van der Waals surface area contributed by atoms with Gasteiger partial charge in [0, 0.05) is 12.2 Å². The molecule has 0 bridgehead atoms. The molecule has 0 fully saturated rings. The molecule has 2 aliphatic heterocycles. The van der Waals surface area contributed by atoms with Gasteiger partial charge in [-0.25, -0.2) is 9.69 Å². The zero-order valence-electron chi connectivity index (χ0n) is 19.9. The molecule has 8 nitrogen and oxygen atoms in total. The molecule has 3 aromatic rings. The van der Waals surface area contributed by atoms with Gasteiger partial charge in [-0.3, -0.25) is 14.4 Å². The lowest BCUT2D eigenvalue weighted by molar-refractivity contribution is -0.126. The minimum Gasteiger partial charge on any atom is -0.494 e. The van der Waals surface area contributed by atoms with Crippen LogP contribution < -0.4 is 14.5 Å². The van der Waals surface area contributed by atoms with Crippen molar-refractivity contribution in [3.05, 3.63) is 89.0 Å². The minimum atomic E-state index is -1.02. The molecule has 1 atom stereocenters. The molecule has 3 amide bonds. The number of carbonyl (C=O) groups excluding carboxylic acids is 4. The van der Waals surface area contributed by atoms with Gasteiger partial charge in [-0.05, 0) is 74.4 Å². The lowest BCUT2D eigenvalue weighted by Crippen LogP contribution is -2.39. The third-order valence-corrected chi connectivity index (χ3v) is 6.31. The highest BCUT2D eigenvalue weighted by molar-refractivity contribution is 6.34. The van der Waals surface area contributed by atoms with E-state index in [9.17, 15) is 19.2 Å². The molecule has 0 unspecified atom stereocenters. The maximum absolute atomic E-state index is 13.1. The number of hydrogen-bond acceptors (Lipinski definition) is 6. The summed E-state index contributed by atoms with van der Waals surface area (Å²) >= 11 is 0. The van der Waals surface area contributed by atoms with Gasteiger partial charge in [0.05, 0.1) is 29.0 Å². The van der Waals surface area contributed by atoms with Crippen LogP contribution in [0.1, 0.15) is 50.5 Å². The van der Waals surface area contributed by atoms with E-state index in [1.807, 2.05) is 31.2 Å². The van der Waals surface area contributed by atoms with Gasteiger partial charge < -0.3 is 14.4 Å². The molecule has 8 heteroatoms. The zero-order chi connectivity index (χ0) is 25.4. The molecule has 0 saturated heterocycles. The van der Waals surface area contributed by atoms with E-state index in [1.54, 1.807) is 29.2 Å². The Bertz CT molecular complexity index is 1380. The van der Waals surface area contributed by atoms with Crippen molar-refractivity contribution in [2.75, 3.05) is 23.0 Å². The summed E-state index contributed by atoms with van der Waals surface area (Å²) in [6, 6.07) is 18.5. The number of ether oxygens (including phenoxy) is 2. The lowest BCUT2D eigenvalue weighted by atomic mass is 10.1. The van der Waals surface area contributed by atoms with Gasteiger partial charge in [0.1, 0.15) is 5.75 Å². The fourth-order valence-corrected chi connectivity index (χ4v) is 4.53. The highest BCUT2D eigenvalue weighted by Crippen LogP contribution is 2.31. The summed E-state index contributed by atoms with van der Waals surface area (Å²) < 4.78 is 10.9. The largest absolute Gasteiger partial charge is 0.494 e. The van der Waals surface area contributed by atoms with E-state index >= 15 is 0 Å². The molecule has 0 aromatic heterocycles. The predicted octanol–water partition coefficient (Wildman–Crippen LogP) is 4.02. The Labute approximate surface area is 208 Å². The van der Waals surface area contributed by atoms with E-state index in [-0.39, 0.29) is 22.6 Å². The van der Waals surface area contributed by atoms with Crippen LogP contribution >= 0.6 is 0 Å². The molecule has 0 radical (unpaired) electrons. The lowest BCUT2D eigenvalue weighted by Gasteiger charge is -2.21. The third kappa shape index (κ3) is 4.00. The molecule has 182 valence electrons. The number of para-hydroxylation sites is 1. The molecule has 0 aliphatic carbocycles. The van der Waals surface area contributed by atoms with E-state index in [2.05, 4.69) is 0 Å². The quantitative estimate of drug-likeness (QED) is 0.388. The Morgan fingerprint density at radius 3 is 2.42 bits per heavy atom. The van der Waals surface area contributed by atoms with E-state index in [0.29, 0.717) is 24.6 Å². The normalized spacial score (nSPS) is 14.9. The second kappa shape index (κ2) is 9.30. The molecular formula is C28H24N2O6. The van der Waals surface area contributed by atoms with Gasteiger partial charge in [-0.1, -0.05) is 18.2 Å². The smallest absolute Gasteiger partial charge is 0.338 e. The van der Waals surface area contributed by atoms with Crippen molar-refractivity contribution in [2.45, 2.75) is 26.4 Å². The number of rotatable bonds is 6. The molecule has 5 rings (SSSR count). The van der Waals surface area contributed by atoms with Gasteiger partial charge in [-0.15, -0.1) is 0 Å². The maximum atomic E-state index is 13.1. The first-order valence-electron chi connectivity index (χ1n) is 11.7. The van der Waals surface area contributed by atoms with Crippen LogP contribution in [0.2, 0.25) is 0 Å². The molecular weight excluding hydrogens is 460 g/mol. The molecule has 0 spiro atoms. The summed E-state index contributed by atoms with van der Waals surface area (Å²) in [6.07, 6.45) is -0.274. The van der Waals surface area contributed by atoms with Crippen LogP contribution in [0.5, 0.6) is 5.75 Å². The molecule has 2 aliphatic rings. The first-order chi connectivity index (χ1) is 17.4. The zero-order valence-corrected chi connectivity index (χ0v) is 19.9. The Balaban J connectivity index is 1.31. The number of fused-ring (bicyclic) bond motifs is 2. The average molecular weight is 485 g/mol. The van der Waals surface area contributed by atoms with Gasteiger partial charge in [0.25, 0.3) is 17.7 Å². The van der Waals surface area contributed by atoms with Crippen molar-refractivity contribution in [3.8, 4) is 5.75 Å². The second-order valence-electron chi connectivity index (χ2n) is 8.55. The summed E-state index contributed by atoms with van der Waals surface area (Å²) in [6.45, 7) is 4.41. The number of esters is 1. The molecule has 2 heterocycles. The number of benzene rings is 3. The maximum Gasteiger partial charge on any atom is 0.338 e. The minimum absolute atomic E-state index is 0.0879. The fraction of sp³-hybridized carbons (Fsp3) is 0.214. The summed E-state index contributed by atoms with van der Waals surface area (Å²) in [5.41, 5.74) is 2.69. The Kier molecular flexibility index (Phi) is 6.01. The highest BCUT2D eigenvalue weighted by Gasteiger charge is 2.37. The van der Waals surface area contributed by atoms with Crippen LogP contribution in [0.3, 0.4) is 0 Å². The number of carbonyl (C=O) groups is 4. The topological polar surface area (TPSA) is 93.2 Å². The van der Waals surface area contributed by atoms with Gasteiger partial charge >= 0.3 is 5.97 Å². The molecule has 3 aromatic carbocycles. The van der Waals surface area contributed by atoms with Gasteiger partial charge in [-0.2, -0.15) is 0 Å². The van der Waals surface area contributed by atoms with Crippen LogP contribution in [0, 0.1) is 0 Å². The van der Waals surface area contributed by atoms with Gasteiger partial charge in [0.15, 0.2) is 6.10 Å². The molecule has 0 saturated carbocycles. The second-order valence-corrected chi connectivity index (χ2v) is 8.55. The number of anilines is 2. The first kappa shape index (κ1) is 23.3. The van der Waals surface area contributed by atoms with Crippen molar-refractivity contribution >= 4 is 35.1 Å². The number of hydrogen-bond donors (Lipinski definition) is 0.